The number of hydrogen-bond acceptors (Lipinski definition) is 5. The fraction of sp³-hybridized carbons (Fsp3) is 0.667. The Labute approximate surface area is 168 Å². The lowest BCUT2D eigenvalue weighted by Crippen LogP contribution is -2.52. The van der Waals surface area contributed by atoms with Gasteiger partial charge in [0, 0.05) is 38.2 Å². The van der Waals surface area contributed by atoms with E-state index in [2.05, 4.69) is 19.9 Å². The Balaban J connectivity index is 1.21. The highest BCUT2D eigenvalue weighted by Gasteiger charge is 2.58. The molecule has 0 aromatic carbocycles. The van der Waals surface area contributed by atoms with E-state index in [1.54, 1.807) is 10.7 Å². The second-order valence-corrected chi connectivity index (χ2v) is 8.99. The average Bonchev–Trinajstić information content (AvgIpc) is 3.51. The van der Waals surface area contributed by atoms with Crippen molar-refractivity contribution in [3.8, 4) is 0 Å². The van der Waals surface area contributed by atoms with E-state index < -0.39 is 11.4 Å². The summed E-state index contributed by atoms with van der Waals surface area (Å²) in [6, 6.07) is 2.22. The SMILES string of the molecule is O=C1N2C(CCC2C2CCCC2)OC12CCN(c1ccnc3c(F)cnn13)CC2. The van der Waals surface area contributed by atoms with Gasteiger partial charge in [-0.3, -0.25) is 4.79 Å². The molecule has 2 aromatic heterocycles. The molecule has 0 bridgehead atoms. The normalized spacial score (nSPS) is 29.5. The Morgan fingerprint density at radius 2 is 1.93 bits per heavy atom. The van der Waals surface area contributed by atoms with Gasteiger partial charge < -0.3 is 14.5 Å². The summed E-state index contributed by atoms with van der Waals surface area (Å²) in [5.74, 6) is 1.25. The first-order chi connectivity index (χ1) is 14.2. The van der Waals surface area contributed by atoms with Crippen LogP contribution in [-0.2, 0) is 9.53 Å². The lowest BCUT2D eigenvalue weighted by Gasteiger charge is -2.38. The largest absolute Gasteiger partial charge is 0.356 e. The third-order valence-electron chi connectivity index (χ3n) is 7.54. The molecule has 3 aliphatic heterocycles. The van der Waals surface area contributed by atoms with E-state index in [1.807, 2.05) is 6.07 Å². The predicted molar refractivity (Wildman–Crippen MR) is 104 cm³/mol. The molecular weight excluding hydrogens is 373 g/mol. The average molecular weight is 399 g/mol. The minimum absolute atomic E-state index is 0.0347. The predicted octanol–water partition coefficient (Wildman–Crippen LogP) is 2.74. The van der Waals surface area contributed by atoms with Crippen molar-refractivity contribution in [2.75, 3.05) is 18.0 Å². The highest BCUT2D eigenvalue weighted by Crippen LogP contribution is 2.47. The summed E-state index contributed by atoms with van der Waals surface area (Å²) in [7, 11) is 0. The van der Waals surface area contributed by atoms with Gasteiger partial charge in [-0.1, -0.05) is 12.8 Å². The molecule has 3 saturated heterocycles. The number of halogens is 1. The highest BCUT2D eigenvalue weighted by atomic mass is 19.1. The fourth-order valence-electron chi connectivity index (χ4n) is 6.07. The second kappa shape index (κ2) is 6.39. The van der Waals surface area contributed by atoms with E-state index in [1.165, 1.54) is 31.9 Å². The van der Waals surface area contributed by atoms with Gasteiger partial charge in [0.25, 0.3) is 5.91 Å². The first kappa shape index (κ1) is 17.6. The van der Waals surface area contributed by atoms with Crippen LogP contribution in [0.25, 0.3) is 5.65 Å². The van der Waals surface area contributed by atoms with E-state index in [9.17, 15) is 9.18 Å². The van der Waals surface area contributed by atoms with Gasteiger partial charge in [-0.15, -0.1) is 0 Å². The van der Waals surface area contributed by atoms with Crippen molar-refractivity contribution in [3.63, 3.8) is 0 Å². The van der Waals surface area contributed by atoms with Crippen molar-refractivity contribution < 1.29 is 13.9 Å². The van der Waals surface area contributed by atoms with Gasteiger partial charge in [-0.25, -0.2) is 9.37 Å². The monoisotopic (exact) mass is 399 g/mol. The van der Waals surface area contributed by atoms with E-state index in [-0.39, 0.29) is 17.8 Å². The molecule has 4 fully saturated rings. The standard InChI is InChI=1S/C21H26FN5O2/c22-15-13-24-27-17(7-10-23-19(15)27)25-11-8-21(9-12-25)20(28)26-16(5-6-18(26)29-21)14-3-1-2-4-14/h7,10,13-14,16,18H,1-6,8-9,11-12H2. The van der Waals surface area contributed by atoms with Crippen molar-refractivity contribution in [1.82, 2.24) is 19.5 Å². The first-order valence-electron chi connectivity index (χ1n) is 10.9. The van der Waals surface area contributed by atoms with E-state index in [4.69, 9.17) is 4.74 Å². The van der Waals surface area contributed by atoms with Gasteiger partial charge in [0.05, 0.1) is 6.20 Å². The maximum Gasteiger partial charge on any atom is 0.257 e. The minimum Gasteiger partial charge on any atom is -0.356 e. The molecule has 8 heteroatoms. The van der Waals surface area contributed by atoms with Crippen LogP contribution < -0.4 is 4.90 Å². The molecule has 1 aliphatic carbocycles. The molecule has 0 N–H and O–H groups in total. The van der Waals surface area contributed by atoms with Crippen LogP contribution in [0, 0.1) is 11.7 Å². The van der Waals surface area contributed by atoms with Gasteiger partial charge in [-0.05, 0) is 37.7 Å². The summed E-state index contributed by atoms with van der Waals surface area (Å²) < 4.78 is 21.8. The molecule has 6 rings (SSSR count). The number of aromatic nitrogens is 3. The van der Waals surface area contributed by atoms with E-state index >= 15 is 0 Å². The van der Waals surface area contributed by atoms with Crippen LogP contribution in [0.15, 0.2) is 18.5 Å². The van der Waals surface area contributed by atoms with Crippen LogP contribution in [0.5, 0.6) is 0 Å². The molecule has 0 radical (unpaired) electrons. The van der Waals surface area contributed by atoms with Gasteiger partial charge in [0.15, 0.2) is 17.1 Å². The van der Waals surface area contributed by atoms with Gasteiger partial charge in [-0.2, -0.15) is 9.61 Å². The number of fused-ring (bicyclic) bond motifs is 2. The van der Waals surface area contributed by atoms with Crippen LogP contribution in [0.1, 0.15) is 51.4 Å². The number of anilines is 1. The minimum atomic E-state index is -0.681. The first-order valence-corrected chi connectivity index (χ1v) is 10.9. The summed E-state index contributed by atoms with van der Waals surface area (Å²) in [6.45, 7) is 1.36. The Morgan fingerprint density at radius 1 is 1.14 bits per heavy atom. The maximum absolute atomic E-state index is 13.8. The van der Waals surface area contributed by atoms with Crippen molar-refractivity contribution in [2.45, 2.75) is 69.2 Å². The molecule has 2 aromatic rings. The molecule has 154 valence electrons. The molecule has 7 nitrogen and oxygen atoms in total. The summed E-state index contributed by atoms with van der Waals surface area (Å²) >= 11 is 0. The zero-order chi connectivity index (χ0) is 19.6. The van der Waals surface area contributed by atoms with Crippen LogP contribution in [0.4, 0.5) is 10.2 Å². The number of piperidine rings is 1. The third-order valence-corrected chi connectivity index (χ3v) is 7.54. The van der Waals surface area contributed by atoms with Crippen molar-refractivity contribution in [3.05, 3.63) is 24.3 Å². The number of rotatable bonds is 2. The van der Waals surface area contributed by atoms with Crippen molar-refractivity contribution in [1.29, 1.82) is 0 Å². The van der Waals surface area contributed by atoms with E-state index in [0.29, 0.717) is 37.9 Å². The number of carbonyl (C=O) groups excluding carboxylic acids is 1. The van der Waals surface area contributed by atoms with Crippen LogP contribution in [0.2, 0.25) is 0 Å². The molecule has 1 saturated carbocycles. The number of hydrogen-bond donors (Lipinski definition) is 0. The Kier molecular flexibility index (Phi) is 3.88. The third kappa shape index (κ3) is 2.54. The zero-order valence-electron chi connectivity index (χ0n) is 16.5. The lowest BCUT2D eigenvalue weighted by molar-refractivity contribution is -0.140. The van der Waals surface area contributed by atoms with Gasteiger partial charge in [0.1, 0.15) is 12.0 Å². The quantitative estimate of drug-likeness (QED) is 0.777. The van der Waals surface area contributed by atoms with Crippen LogP contribution >= 0.6 is 0 Å². The Bertz CT molecular complexity index is 948. The van der Waals surface area contributed by atoms with E-state index in [0.717, 1.165) is 18.7 Å². The summed E-state index contributed by atoms with van der Waals surface area (Å²) in [4.78, 5) is 21.8. The van der Waals surface area contributed by atoms with Crippen molar-refractivity contribution in [2.24, 2.45) is 5.92 Å². The molecule has 2 unspecified atom stereocenters. The Morgan fingerprint density at radius 3 is 2.72 bits per heavy atom. The Hall–Kier alpha value is -2.22. The molecule has 4 aliphatic rings. The second-order valence-electron chi connectivity index (χ2n) is 8.99. The highest BCUT2D eigenvalue weighted by molar-refractivity contribution is 5.88. The molecule has 1 spiro atoms. The fourth-order valence-corrected chi connectivity index (χ4v) is 6.07. The van der Waals surface area contributed by atoms with Gasteiger partial charge >= 0.3 is 0 Å². The smallest absolute Gasteiger partial charge is 0.257 e. The number of carbonyl (C=O) groups is 1. The molecule has 5 heterocycles. The number of ether oxygens (including phenoxy) is 1. The van der Waals surface area contributed by atoms with Crippen molar-refractivity contribution >= 4 is 17.4 Å². The summed E-state index contributed by atoms with van der Waals surface area (Å²) in [5, 5.41) is 4.13. The van der Waals surface area contributed by atoms with Crippen LogP contribution in [-0.4, -0.2) is 56.4 Å². The number of nitrogens with zero attached hydrogens (tertiary/aromatic N) is 5. The van der Waals surface area contributed by atoms with Crippen LogP contribution in [0.3, 0.4) is 0 Å². The molecule has 29 heavy (non-hydrogen) atoms. The lowest BCUT2D eigenvalue weighted by atomic mass is 9.88. The summed E-state index contributed by atoms with van der Waals surface area (Å²) in [6.07, 6.45) is 11.2. The molecular formula is C21H26FN5O2. The molecule has 2 atom stereocenters. The topological polar surface area (TPSA) is 63.0 Å². The maximum atomic E-state index is 13.8. The van der Waals surface area contributed by atoms with Gasteiger partial charge in [0.2, 0.25) is 0 Å². The zero-order valence-corrected chi connectivity index (χ0v) is 16.5. The number of amides is 1. The molecule has 1 amide bonds. The summed E-state index contributed by atoms with van der Waals surface area (Å²) in [5.41, 5.74) is -0.448.